The first-order chi connectivity index (χ1) is 8.58. The molecule has 0 aliphatic heterocycles. The van der Waals surface area contributed by atoms with Crippen molar-refractivity contribution < 1.29 is 0 Å². The number of hydrogen-bond donors (Lipinski definition) is 2. The summed E-state index contributed by atoms with van der Waals surface area (Å²) in [5.74, 6) is 0.977. The molecule has 96 valence electrons. The molecule has 1 aromatic carbocycles. The fourth-order valence-corrected chi connectivity index (χ4v) is 2.10. The second-order valence-corrected chi connectivity index (χ2v) is 4.93. The van der Waals surface area contributed by atoms with Gasteiger partial charge in [0.1, 0.15) is 5.82 Å². The van der Waals surface area contributed by atoms with Crippen LogP contribution in [-0.4, -0.2) is 9.97 Å². The van der Waals surface area contributed by atoms with E-state index in [1.54, 1.807) is 6.20 Å². The predicted octanol–water partition coefficient (Wildman–Crippen LogP) is 3.44. The molecule has 0 amide bonds. The highest BCUT2D eigenvalue weighted by molar-refractivity contribution is 5.31. The average Bonchev–Trinajstić information content (AvgIpc) is 2.86. The molecule has 0 bridgehead atoms. The molecule has 0 spiro atoms. The number of nitrogens with zero attached hydrogens (tertiary/aromatic N) is 1. The van der Waals surface area contributed by atoms with Crippen LogP contribution < -0.4 is 5.32 Å². The van der Waals surface area contributed by atoms with Crippen molar-refractivity contribution in [1.29, 1.82) is 0 Å². The lowest BCUT2D eigenvalue weighted by Crippen LogP contribution is -2.23. The number of benzene rings is 1. The molecular weight excluding hydrogens is 222 g/mol. The monoisotopic (exact) mass is 243 g/mol. The summed E-state index contributed by atoms with van der Waals surface area (Å²) in [5, 5.41) is 3.55. The number of nitrogens with one attached hydrogen (secondary N) is 2. The fourth-order valence-electron chi connectivity index (χ4n) is 2.10. The lowest BCUT2D eigenvalue weighted by molar-refractivity contribution is 0.479. The Balaban J connectivity index is 2.07. The third-order valence-corrected chi connectivity index (χ3v) is 3.46. The number of imidazole rings is 1. The SMILES string of the molecule is Cc1ccc(C(C)NC(C)c2ncc[nH]2)cc1C. The molecule has 2 atom stereocenters. The fraction of sp³-hybridized carbons (Fsp3) is 0.400. The van der Waals surface area contributed by atoms with Crippen molar-refractivity contribution >= 4 is 0 Å². The Morgan fingerprint density at radius 3 is 2.50 bits per heavy atom. The normalized spacial score (nSPS) is 14.4. The molecule has 2 N–H and O–H groups in total. The van der Waals surface area contributed by atoms with Crippen molar-refractivity contribution in [1.82, 2.24) is 15.3 Å². The number of hydrogen-bond acceptors (Lipinski definition) is 2. The molecule has 3 heteroatoms. The summed E-state index contributed by atoms with van der Waals surface area (Å²) in [5.41, 5.74) is 3.99. The molecule has 0 radical (unpaired) electrons. The van der Waals surface area contributed by atoms with Crippen LogP contribution in [0.5, 0.6) is 0 Å². The van der Waals surface area contributed by atoms with Gasteiger partial charge in [-0.05, 0) is 44.4 Å². The first-order valence-electron chi connectivity index (χ1n) is 6.40. The van der Waals surface area contributed by atoms with E-state index < -0.39 is 0 Å². The highest BCUT2D eigenvalue weighted by Gasteiger charge is 2.12. The third-order valence-electron chi connectivity index (χ3n) is 3.46. The van der Waals surface area contributed by atoms with Crippen LogP contribution in [0.1, 0.15) is 48.4 Å². The predicted molar refractivity (Wildman–Crippen MR) is 74.5 cm³/mol. The van der Waals surface area contributed by atoms with Crippen LogP contribution in [0, 0.1) is 13.8 Å². The minimum Gasteiger partial charge on any atom is -0.347 e. The molecule has 2 aromatic rings. The van der Waals surface area contributed by atoms with Crippen LogP contribution >= 0.6 is 0 Å². The summed E-state index contributed by atoms with van der Waals surface area (Å²) in [4.78, 5) is 7.42. The van der Waals surface area contributed by atoms with Crippen molar-refractivity contribution in [3.8, 4) is 0 Å². The maximum atomic E-state index is 4.28. The summed E-state index contributed by atoms with van der Waals surface area (Å²) in [6.45, 7) is 8.60. The molecule has 0 aliphatic carbocycles. The van der Waals surface area contributed by atoms with Gasteiger partial charge in [0.25, 0.3) is 0 Å². The van der Waals surface area contributed by atoms with E-state index in [1.807, 2.05) is 6.20 Å². The number of aryl methyl sites for hydroxylation is 2. The van der Waals surface area contributed by atoms with E-state index in [1.165, 1.54) is 16.7 Å². The maximum Gasteiger partial charge on any atom is 0.122 e. The van der Waals surface area contributed by atoms with Crippen molar-refractivity contribution in [3.05, 3.63) is 53.1 Å². The van der Waals surface area contributed by atoms with Gasteiger partial charge in [-0.25, -0.2) is 4.98 Å². The van der Waals surface area contributed by atoms with Crippen LogP contribution in [0.25, 0.3) is 0 Å². The van der Waals surface area contributed by atoms with Crippen molar-refractivity contribution in [3.63, 3.8) is 0 Å². The summed E-state index contributed by atoms with van der Waals surface area (Å²) >= 11 is 0. The molecule has 1 heterocycles. The Labute approximate surface area is 109 Å². The smallest absolute Gasteiger partial charge is 0.122 e. The van der Waals surface area contributed by atoms with Gasteiger partial charge in [-0.15, -0.1) is 0 Å². The number of H-pyrrole nitrogens is 1. The summed E-state index contributed by atoms with van der Waals surface area (Å²) in [7, 11) is 0. The largest absolute Gasteiger partial charge is 0.347 e. The van der Waals surface area contributed by atoms with E-state index in [0.29, 0.717) is 6.04 Å². The van der Waals surface area contributed by atoms with Crippen LogP contribution in [0.4, 0.5) is 0 Å². The molecule has 2 rings (SSSR count). The highest BCUT2D eigenvalue weighted by atomic mass is 15.0. The number of aromatic amines is 1. The lowest BCUT2D eigenvalue weighted by atomic mass is 10.0. The second-order valence-electron chi connectivity index (χ2n) is 4.93. The number of aromatic nitrogens is 2. The van der Waals surface area contributed by atoms with Gasteiger partial charge in [-0.1, -0.05) is 18.2 Å². The van der Waals surface area contributed by atoms with E-state index in [-0.39, 0.29) is 6.04 Å². The molecular formula is C15H21N3. The highest BCUT2D eigenvalue weighted by Crippen LogP contribution is 2.19. The van der Waals surface area contributed by atoms with E-state index >= 15 is 0 Å². The van der Waals surface area contributed by atoms with Crippen LogP contribution in [0.2, 0.25) is 0 Å². The van der Waals surface area contributed by atoms with E-state index in [2.05, 4.69) is 61.2 Å². The first kappa shape index (κ1) is 12.8. The van der Waals surface area contributed by atoms with E-state index in [9.17, 15) is 0 Å². The maximum absolute atomic E-state index is 4.28. The van der Waals surface area contributed by atoms with Gasteiger partial charge >= 0.3 is 0 Å². The molecule has 0 saturated carbocycles. The zero-order valence-electron chi connectivity index (χ0n) is 11.5. The summed E-state index contributed by atoms with van der Waals surface area (Å²) in [6, 6.07) is 7.15. The van der Waals surface area contributed by atoms with Crippen molar-refractivity contribution in [2.75, 3.05) is 0 Å². The summed E-state index contributed by atoms with van der Waals surface area (Å²) in [6.07, 6.45) is 3.64. The van der Waals surface area contributed by atoms with Crippen LogP contribution in [-0.2, 0) is 0 Å². The Hall–Kier alpha value is -1.61. The Morgan fingerprint density at radius 2 is 1.89 bits per heavy atom. The van der Waals surface area contributed by atoms with E-state index in [0.717, 1.165) is 5.82 Å². The van der Waals surface area contributed by atoms with Gasteiger partial charge < -0.3 is 10.3 Å². The summed E-state index contributed by atoms with van der Waals surface area (Å²) < 4.78 is 0. The standard InChI is InChI=1S/C15H21N3/c1-10-5-6-14(9-11(10)2)12(3)18-13(4)15-16-7-8-17-15/h5-9,12-13,18H,1-4H3,(H,16,17). The molecule has 1 aromatic heterocycles. The Kier molecular flexibility index (Phi) is 3.82. The molecule has 0 aliphatic rings. The quantitative estimate of drug-likeness (QED) is 0.863. The first-order valence-corrected chi connectivity index (χ1v) is 6.40. The Bertz CT molecular complexity index is 502. The molecule has 3 nitrogen and oxygen atoms in total. The van der Waals surface area contributed by atoms with E-state index in [4.69, 9.17) is 0 Å². The zero-order chi connectivity index (χ0) is 13.1. The number of rotatable bonds is 4. The van der Waals surface area contributed by atoms with Gasteiger partial charge in [0, 0.05) is 18.4 Å². The third kappa shape index (κ3) is 2.79. The molecule has 0 saturated heterocycles. The van der Waals surface area contributed by atoms with Crippen LogP contribution in [0.3, 0.4) is 0 Å². The van der Waals surface area contributed by atoms with Gasteiger partial charge in [0.2, 0.25) is 0 Å². The van der Waals surface area contributed by atoms with Gasteiger partial charge in [0.15, 0.2) is 0 Å². The van der Waals surface area contributed by atoms with Gasteiger partial charge in [-0.3, -0.25) is 0 Å². The Morgan fingerprint density at radius 1 is 1.11 bits per heavy atom. The second kappa shape index (κ2) is 5.36. The van der Waals surface area contributed by atoms with Crippen molar-refractivity contribution in [2.45, 2.75) is 39.8 Å². The van der Waals surface area contributed by atoms with Crippen LogP contribution in [0.15, 0.2) is 30.6 Å². The zero-order valence-corrected chi connectivity index (χ0v) is 11.5. The lowest BCUT2D eigenvalue weighted by Gasteiger charge is -2.19. The average molecular weight is 243 g/mol. The topological polar surface area (TPSA) is 40.7 Å². The van der Waals surface area contributed by atoms with Crippen molar-refractivity contribution in [2.24, 2.45) is 0 Å². The van der Waals surface area contributed by atoms with Gasteiger partial charge in [-0.2, -0.15) is 0 Å². The molecule has 2 unspecified atom stereocenters. The minimum atomic E-state index is 0.219. The minimum absolute atomic E-state index is 0.219. The van der Waals surface area contributed by atoms with Gasteiger partial charge in [0.05, 0.1) is 6.04 Å². The molecule has 0 fully saturated rings. The molecule has 18 heavy (non-hydrogen) atoms.